The van der Waals surface area contributed by atoms with Crippen molar-refractivity contribution in [1.29, 1.82) is 0 Å². The van der Waals surface area contributed by atoms with Crippen LogP contribution in [-0.2, 0) is 4.79 Å². The van der Waals surface area contributed by atoms with Gasteiger partial charge in [-0.15, -0.1) is 0 Å². The van der Waals surface area contributed by atoms with Crippen molar-refractivity contribution in [2.45, 2.75) is 50.0 Å². The second-order valence-corrected chi connectivity index (χ2v) is 5.73. The van der Waals surface area contributed by atoms with Crippen molar-refractivity contribution in [3.63, 3.8) is 0 Å². The van der Waals surface area contributed by atoms with E-state index in [4.69, 9.17) is 0 Å². The summed E-state index contributed by atoms with van der Waals surface area (Å²) in [6.45, 7) is 4.24. The zero-order chi connectivity index (χ0) is 12.3. The van der Waals surface area contributed by atoms with Gasteiger partial charge in [0.05, 0.1) is 5.54 Å². The van der Waals surface area contributed by atoms with Crippen molar-refractivity contribution >= 4 is 18.2 Å². The number of nitrogens with one attached hydrogen (secondary N) is 1. The van der Waals surface area contributed by atoms with Crippen molar-refractivity contribution in [2.24, 2.45) is 0 Å². The minimum absolute atomic E-state index is 0.291. The van der Waals surface area contributed by atoms with Crippen LogP contribution in [-0.4, -0.2) is 11.8 Å². The number of aldehydes is 1. The molecule has 0 aromatic heterocycles. The highest BCUT2D eigenvalue weighted by Crippen LogP contribution is 2.32. The zero-order valence-electron chi connectivity index (χ0n) is 10.5. The lowest BCUT2D eigenvalue weighted by Gasteiger charge is -2.23. The van der Waals surface area contributed by atoms with Gasteiger partial charge < -0.3 is 4.79 Å². The van der Waals surface area contributed by atoms with Gasteiger partial charge in [0.1, 0.15) is 6.29 Å². The molecule has 0 spiro atoms. The van der Waals surface area contributed by atoms with Crippen LogP contribution in [0.15, 0.2) is 23.1 Å². The van der Waals surface area contributed by atoms with E-state index < -0.39 is 0 Å². The molecule has 0 bridgehead atoms. The molecule has 0 atom stereocenters. The Kier molecular flexibility index (Phi) is 3.89. The second kappa shape index (κ2) is 5.23. The van der Waals surface area contributed by atoms with E-state index in [1.807, 2.05) is 0 Å². The van der Waals surface area contributed by atoms with Crippen LogP contribution in [0.3, 0.4) is 0 Å². The molecule has 2 rings (SSSR count). The average molecular weight is 249 g/mol. The first-order valence-corrected chi connectivity index (χ1v) is 6.95. The molecule has 1 aromatic carbocycles. The summed E-state index contributed by atoms with van der Waals surface area (Å²) in [6.07, 6.45) is 5.33. The summed E-state index contributed by atoms with van der Waals surface area (Å²) >= 11 is 1.60. The predicted molar refractivity (Wildman–Crippen MR) is 72.2 cm³/mol. The molecule has 0 amide bonds. The first-order chi connectivity index (χ1) is 8.17. The van der Waals surface area contributed by atoms with E-state index in [9.17, 15) is 4.79 Å². The Bertz CT molecular complexity index is 411. The highest BCUT2D eigenvalue weighted by molar-refractivity contribution is 7.97. The maximum Gasteiger partial charge on any atom is 0.140 e. The standard InChI is InChI=1S/C14H19NOS/c1-11-6-5-7-13(12(11)2)17-15-14(10-16)8-3-4-9-14/h5-7,10,15H,3-4,8-9H2,1-2H3. The molecule has 1 aromatic rings. The first-order valence-electron chi connectivity index (χ1n) is 6.13. The van der Waals surface area contributed by atoms with Gasteiger partial charge in [-0.3, -0.25) is 0 Å². The Labute approximate surface area is 107 Å². The highest BCUT2D eigenvalue weighted by atomic mass is 32.2. The molecule has 1 aliphatic rings. The number of carbonyl (C=O) groups excluding carboxylic acids is 1. The minimum atomic E-state index is -0.291. The molecule has 0 unspecified atom stereocenters. The first kappa shape index (κ1) is 12.7. The third kappa shape index (κ3) is 2.72. The molecule has 0 aliphatic heterocycles. The van der Waals surface area contributed by atoms with Gasteiger partial charge in [-0.2, -0.15) is 0 Å². The number of hydrogen-bond acceptors (Lipinski definition) is 3. The summed E-state index contributed by atoms with van der Waals surface area (Å²) in [6, 6.07) is 6.28. The molecule has 0 heterocycles. The van der Waals surface area contributed by atoms with E-state index in [1.54, 1.807) is 11.9 Å². The molecule has 1 N–H and O–H groups in total. The van der Waals surface area contributed by atoms with Crippen LogP contribution in [0.5, 0.6) is 0 Å². The van der Waals surface area contributed by atoms with Crippen LogP contribution in [0, 0.1) is 13.8 Å². The maximum absolute atomic E-state index is 11.2. The lowest BCUT2D eigenvalue weighted by molar-refractivity contribution is -0.112. The summed E-state index contributed by atoms with van der Waals surface area (Å²) < 4.78 is 3.38. The second-order valence-electron chi connectivity index (χ2n) is 4.88. The van der Waals surface area contributed by atoms with Crippen molar-refractivity contribution in [1.82, 2.24) is 4.72 Å². The topological polar surface area (TPSA) is 29.1 Å². The van der Waals surface area contributed by atoms with E-state index in [0.29, 0.717) is 0 Å². The molecule has 2 nitrogen and oxygen atoms in total. The van der Waals surface area contributed by atoms with Crippen molar-refractivity contribution in [3.05, 3.63) is 29.3 Å². The molecule has 0 saturated heterocycles. The molecular weight excluding hydrogens is 230 g/mol. The molecule has 0 radical (unpaired) electrons. The summed E-state index contributed by atoms with van der Waals surface area (Å²) in [5, 5.41) is 0. The van der Waals surface area contributed by atoms with Gasteiger partial charge in [0.15, 0.2) is 0 Å². The van der Waals surface area contributed by atoms with Crippen LogP contribution < -0.4 is 4.72 Å². The van der Waals surface area contributed by atoms with Crippen molar-refractivity contribution in [3.8, 4) is 0 Å². The van der Waals surface area contributed by atoms with Gasteiger partial charge in [0.2, 0.25) is 0 Å². The van der Waals surface area contributed by atoms with Gasteiger partial charge in [-0.1, -0.05) is 25.0 Å². The summed E-state index contributed by atoms with van der Waals surface area (Å²) in [5.41, 5.74) is 2.30. The van der Waals surface area contributed by atoms with Gasteiger partial charge in [-0.25, -0.2) is 4.72 Å². The lowest BCUT2D eigenvalue weighted by atomic mass is 10.0. The maximum atomic E-state index is 11.2. The lowest BCUT2D eigenvalue weighted by Crippen LogP contribution is -2.39. The molecule has 1 fully saturated rings. The Hall–Kier alpha value is -0.800. The average Bonchev–Trinajstić information content (AvgIpc) is 2.81. The van der Waals surface area contributed by atoms with Gasteiger partial charge >= 0.3 is 0 Å². The van der Waals surface area contributed by atoms with E-state index in [1.165, 1.54) is 16.0 Å². The van der Waals surface area contributed by atoms with Gasteiger partial charge in [0.25, 0.3) is 0 Å². The van der Waals surface area contributed by atoms with Crippen molar-refractivity contribution < 1.29 is 4.79 Å². The van der Waals surface area contributed by atoms with Crippen LogP contribution in [0.25, 0.3) is 0 Å². The number of benzene rings is 1. The van der Waals surface area contributed by atoms with Crippen LogP contribution in [0.1, 0.15) is 36.8 Å². The molecule has 17 heavy (non-hydrogen) atoms. The van der Waals surface area contributed by atoms with E-state index in [2.05, 4.69) is 36.8 Å². The predicted octanol–water partition coefficient (Wildman–Crippen LogP) is 3.41. The van der Waals surface area contributed by atoms with Crippen molar-refractivity contribution in [2.75, 3.05) is 0 Å². The third-order valence-corrected chi connectivity index (χ3v) is 4.81. The summed E-state index contributed by atoms with van der Waals surface area (Å²) in [5.74, 6) is 0. The quantitative estimate of drug-likeness (QED) is 0.655. The highest BCUT2D eigenvalue weighted by Gasteiger charge is 2.33. The Balaban J connectivity index is 2.06. The summed E-state index contributed by atoms with van der Waals surface area (Å²) in [4.78, 5) is 12.4. The van der Waals surface area contributed by atoms with E-state index in [0.717, 1.165) is 32.0 Å². The third-order valence-electron chi connectivity index (χ3n) is 3.64. The number of carbonyl (C=O) groups is 1. The Morgan fingerprint density at radius 2 is 2.00 bits per heavy atom. The van der Waals surface area contributed by atoms with Crippen LogP contribution in [0.2, 0.25) is 0 Å². The zero-order valence-corrected chi connectivity index (χ0v) is 11.3. The Morgan fingerprint density at radius 3 is 2.65 bits per heavy atom. The van der Waals surface area contributed by atoms with Crippen LogP contribution in [0.4, 0.5) is 0 Å². The largest absolute Gasteiger partial charge is 0.301 e. The smallest absolute Gasteiger partial charge is 0.140 e. The monoisotopic (exact) mass is 249 g/mol. The SMILES string of the molecule is Cc1cccc(SNC2(C=O)CCCC2)c1C. The van der Waals surface area contributed by atoms with Gasteiger partial charge in [0, 0.05) is 4.90 Å². The number of aryl methyl sites for hydroxylation is 1. The molecule has 1 saturated carbocycles. The fraction of sp³-hybridized carbons (Fsp3) is 0.500. The Morgan fingerprint density at radius 1 is 1.29 bits per heavy atom. The number of hydrogen-bond donors (Lipinski definition) is 1. The molecule has 3 heteroatoms. The van der Waals surface area contributed by atoms with E-state index in [-0.39, 0.29) is 5.54 Å². The minimum Gasteiger partial charge on any atom is -0.301 e. The van der Waals surface area contributed by atoms with Gasteiger partial charge in [-0.05, 0) is 55.8 Å². The normalized spacial score (nSPS) is 18.2. The van der Waals surface area contributed by atoms with Crippen LogP contribution >= 0.6 is 11.9 Å². The fourth-order valence-electron chi connectivity index (χ4n) is 2.24. The number of rotatable bonds is 4. The molecule has 92 valence electrons. The molecular formula is C14H19NOS. The molecule has 1 aliphatic carbocycles. The summed E-state index contributed by atoms with van der Waals surface area (Å²) in [7, 11) is 0. The van der Waals surface area contributed by atoms with E-state index >= 15 is 0 Å². The fourth-order valence-corrected chi connectivity index (χ4v) is 3.27.